The summed E-state index contributed by atoms with van der Waals surface area (Å²) in [5.41, 5.74) is 5.91. The Labute approximate surface area is 140 Å². The van der Waals surface area contributed by atoms with Gasteiger partial charge in [-0.25, -0.2) is 0 Å². The zero-order valence-corrected chi connectivity index (χ0v) is 15.3. The van der Waals surface area contributed by atoms with Gasteiger partial charge in [-0.2, -0.15) is 0 Å². The summed E-state index contributed by atoms with van der Waals surface area (Å²) in [6.45, 7) is 3.58. The Morgan fingerprint density at radius 3 is 2.65 bits per heavy atom. The summed E-state index contributed by atoms with van der Waals surface area (Å²) in [5.74, 6) is 0.617. The van der Waals surface area contributed by atoms with Crippen molar-refractivity contribution < 1.29 is 4.74 Å². The second-order valence-corrected chi connectivity index (χ2v) is 5.40. The first-order valence-electron chi connectivity index (χ1n) is 7.46. The molecule has 0 aromatic rings. The van der Waals surface area contributed by atoms with Crippen molar-refractivity contribution in [3.8, 4) is 0 Å². The van der Waals surface area contributed by atoms with E-state index in [0.717, 1.165) is 32.7 Å². The molecule has 1 fully saturated rings. The number of guanidine groups is 1. The predicted octanol–water partition coefficient (Wildman–Crippen LogP) is 1.81. The number of methoxy groups -OCH3 is 1. The van der Waals surface area contributed by atoms with Crippen LogP contribution >= 0.6 is 24.0 Å². The quantitative estimate of drug-likeness (QED) is 0.283. The van der Waals surface area contributed by atoms with Crippen LogP contribution in [-0.2, 0) is 4.74 Å². The second kappa shape index (κ2) is 12.6. The molecule has 0 aromatic carbocycles. The fourth-order valence-electron chi connectivity index (χ4n) is 2.40. The lowest BCUT2D eigenvalue weighted by molar-refractivity contribution is 0.161. The lowest BCUT2D eigenvalue weighted by Gasteiger charge is -2.23. The summed E-state index contributed by atoms with van der Waals surface area (Å²) in [6, 6.07) is 0.543. The molecular formula is C14H31IN4O. The van der Waals surface area contributed by atoms with E-state index in [1.54, 1.807) is 7.11 Å². The number of nitrogens with two attached hydrogens (primary N) is 1. The van der Waals surface area contributed by atoms with Gasteiger partial charge in [0.2, 0.25) is 0 Å². The van der Waals surface area contributed by atoms with Gasteiger partial charge in [0.25, 0.3) is 0 Å². The summed E-state index contributed by atoms with van der Waals surface area (Å²) in [6.07, 6.45) is 7.49. The van der Waals surface area contributed by atoms with Gasteiger partial charge in [0.1, 0.15) is 0 Å². The Balaban J connectivity index is 0.00000361. The van der Waals surface area contributed by atoms with Crippen molar-refractivity contribution in [1.82, 2.24) is 10.2 Å². The minimum absolute atomic E-state index is 0. The highest BCUT2D eigenvalue weighted by Gasteiger charge is 2.12. The molecule has 3 N–H and O–H groups in total. The summed E-state index contributed by atoms with van der Waals surface area (Å²) in [7, 11) is 3.84. The SMILES string of the molecule is COCCN(C)CCCN=C(N)NC1CCCCC1.I. The fraction of sp³-hybridized carbons (Fsp3) is 0.929. The summed E-state index contributed by atoms with van der Waals surface area (Å²) >= 11 is 0. The molecule has 0 bridgehead atoms. The molecule has 5 nitrogen and oxygen atoms in total. The number of aliphatic imine (C=N–C) groups is 1. The highest BCUT2D eigenvalue weighted by Crippen LogP contribution is 2.16. The maximum absolute atomic E-state index is 5.91. The van der Waals surface area contributed by atoms with Crippen molar-refractivity contribution in [1.29, 1.82) is 0 Å². The molecule has 6 heteroatoms. The molecule has 1 saturated carbocycles. The topological polar surface area (TPSA) is 62.9 Å². The van der Waals surface area contributed by atoms with Gasteiger partial charge in [0.15, 0.2) is 5.96 Å². The van der Waals surface area contributed by atoms with Gasteiger partial charge in [-0.1, -0.05) is 19.3 Å². The van der Waals surface area contributed by atoms with E-state index in [9.17, 15) is 0 Å². The van der Waals surface area contributed by atoms with Crippen LogP contribution in [-0.4, -0.2) is 57.3 Å². The van der Waals surface area contributed by atoms with Gasteiger partial charge in [-0.05, 0) is 32.9 Å². The number of likely N-dealkylation sites (N-methyl/N-ethyl adjacent to an activating group) is 1. The molecule has 1 aliphatic carbocycles. The highest BCUT2D eigenvalue weighted by atomic mass is 127. The number of halogens is 1. The van der Waals surface area contributed by atoms with Gasteiger partial charge in [-0.3, -0.25) is 4.99 Å². The van der Waals surface area contributed by atoms with Crippen LogP contribution in [0.15, 0.2) is 4.99 Å². The van der Waals surface area contributed by atoms with Gasteiger partial charge in [0.05, 0.1) is 6.61 Å². The number of hydrogen-bond acceptors (Lipinski definition) is 3. The molecule has 0 atom stereocenters. The largest absolute Gasteiger partial charge is 0.383 e. The fourth-order valence-corrected chi connectivity index (χ4v) is 2.40. The monoisotopic (exact) mass is 398 g/mol. The Bertz CT molecular complexity index is 258. The Kier molecular flexibility index (Phi) is 12.6. The Hall–Kier alpha value is -0.0800. The summed E-state index contributed by atoms with van der Waals surface area (Å²) in [4.78, 5) is 6.65. The number of rotatable bonds is 8. The molecule has 0 aliphatic heterocycles. The van der Waals surface area contributed by atoms with Crippen LogP contribution in [0.5, 0.6) is 0 Å². The van der Waals surface area contributed by atoms with E-state index in [0.29, 0.717) is 12.0 Å². The lowest BCUT2D eigenvalue weighted by Crippen LogP contribution is -2.41. The van der Waals surface area contributed by atoms with Crippen LogP contribution < -0.4 is 11.1 Å². The van der Waals surface area contributed by atoms with Crippen LogP contribution in [0.25, 0.3) is 0 Å². The van der Waals surface area contributed by atoms with Crippen molar-refractivity contribution in [2.45, 2.75) is 44.6 Å². The van der Waals surface area contributed by atoms with Crippen molar-refractivity contribution in [3.63, 3.8) is 0 Å². The molecule has 0 saturated heterocycles. The number of nitrogens with zero attached hydrogens (tertiary/aromatic N) is 2. The van der Waals surface area contributed by atoms with Gasteiger partial charge < -0.3 is 20.7 Å². The van der Waals surface area contributed by atoms with E-state index in [2.05, 4.69) is 22.3 Å². The molecule has 0 heterocycles. The lowest BCUT2D eigenvalue weighted by atomic mass is 9.96. The van der Waals surface area contributed by atoms with Crippen molar-refractivity contribution in [3.05, 3.63) is 0 Å². The van der Waals surface area contributed by atoms with Gasteiger partial charge in [0, 0.05) is 26.2 Å². The zero-order chi connectivity index (χ0) is 13.9. The second-order valence-electron chi connectivity index (χ2n) is 5.40. The number of hydrogen-bond donors (Lipinski definition) is 2. The molecule has 120 valence electrons. The highest BCUT2D eigenvalue weighted by molar-refractivity contribution is 14.0. The molecule has 0 aromatic heterocycles. The molecule has 0 spiro atoms. The third-order valence-electron chi connectivity index (χ3n) is 3.61. The van der Waals surface area contributed by atoms with E-state index in [-0.39, 0.29) is 24.0 Å². The van der Waals surface area contributed by atoms with Crippen LogP contribution in [0.1, 0.15) is 38.5 Å². The summed E-state index contributed by atoms with van der Waals surface area (Å²) in [5, 5.41) is 3.34. The van der Waals surface area contributed by atoms with E-state index in [1.807, 2.05) is 0 Å². The number of ether oxygens (including phenoxy) is 1. The van der Waals surface area contributed by atoms with Crippen molar-refractivity contribution in [2.24, 2.45) is 10.7 Å². The van der Waals surface area contributed by atoms with E-state index < -0.39 is 0 Å². The van der Waals surface area contributed by atoms with Crippen LogP contribution in [0.2, 0.25) is 0 Å². The average Bonchev–Trinajstić information content (AvgIpc) is 2.42. The molecule has 1 rings (SSSR count). The van der Waals surface area contributed by atoms with Crippen molar-refractivity contribution >= 4 is 29.9 Å². The first-order chi connectivity index (χ1) is 9.22. The average molecular weight is 398 g/mol. The minimum Gasteiger partial charge on any atom is -0.383 e. The Morgan fingerprint density at radius 2 is 2.00 bits per heavy atom. The third kappa shape index (κ3) is 9.77. The maximum Gasteiger partial charge on any atom is 0.188 e. The maximum atomic E-state index is 5.91. The smallest absolute Gasteiger partial charge is 0.188 e. The van der Waals surface area contributed by atoms with Crippen molar-refractivity contribution in [2.75, 3.05) is 40.4 Å². The first-order valence-corrected chi connectivity index (χ1v) is 7.46. The summed E-state index contributed by atoms with van der Waals surface area (Å²) < 4.78 is 5.04. The van der Waals surface area contributed by atoms with E-state index in [1.165, 1.54) is 32.1 Å². The van der Waals surface area contributed by atoms with E-state index >= 15 is 0 Å². The first kappa shape index (κ1) is 19.9. The third-order valence-corrected chi connectivity index (χ3v) is 3.61. The number of nitrogens with one attached hydrogen (secondary N) is 1. The van der Waals surface area contributed by atoms with Crippen LogP contribution in [0.4, 0.5) is 0 Å². The normalized spacial score (nSPS) is 17.1. The molecule has 1 aliphatic rings. The Morgan fingerprint density at radius 1 is 1.30 bits per heavy atom. The molecular weight excluding hydrogens is 367 g/mol. The molecule has 0 unspecified atom stereocenters. The molecule has 20 heavy (non-hydrogen) atoms. The minimum atomic E-state index is 0. The molecule has 0 radical (unpaired) electrons. The molecule has 0 amide bonds. The van der Waals surface area contributed by atoms with Crippen LogP contribution in [0.3, 0.4) is 0 Å². The zero-order valence-electron chi connectivity index (χ0n) is 12.9. The van der Waals surface area contributed by atoms with Crippen LogP contribution in [0, 0.1) is 0 Å². The standard InChI is InChI=1S/C14H30N4O.HI/c1-18(11-12-19-2)10-6-9-16-14(15)17-13-7-4-3-5-8-13;/h13H,3-12H2,1-2H3,(H3,15,16,17);1H. The predicted molar refractivity (Wildman–Crippen MR) is 95.9 cm³/mol. The van der Waals surface area contributed by atoms with E-state index in [4.69, 9.17) is 10.5 Å². The van der Waals surface area contributed by atoms with Gasteiger partial charge >= 0.3 is 0 Å². The van der Waals surface area contributed by atoms with Gasteiger partial charge in [-0.15, -0.1) is 24.0 Å².